The van der Waals surface area contributed by atoms with Crippen LogP contribution in [0.4, 0.5) is 0 Å². The van der Waals surface area contributed by atoms with Gasteiger partial charge in [-0.15, -0.1) is 0 Å². The van der Waals surface area contributed by atoms with Gasteiger partial charge in [-0.05, 0) is 12.5 Å². The molecule has 1 aliphatic rings. The first-order valence-corrected chi connectivity index (χ1v) is 4.41. The molecule has 3 N–H and O–H groups in total. The van der Waals surface area contributed by atoms with Gasteiger partial charge in [-0.25, -0.2) is 0 Å². The summed E-state index contributed by atoms with van der Waals surface area (Å²) in [5, 5.41) is 19.4. The van der Waals surface area contributed by atoms with Crippen molar-refractivity contribution >= 4 is 5.97 Å². The van der Waals surface area contributed by atoms with Gasteiger partial charge in [0, 0.05) is 11.0 Å². The Hall–Kier alpha value is -1.69. The topological polar surface area (TPSA) is 106 Å². The highest BCUT2D eigenvalue weighted by Crippen LogP contribution is 2.26. The van der Waals surface area contributed by atoms with E-state index >= 15 is 0 Å². The van der Waals surface area contributed by atoms with Gasteiger partial charge in [-0.1, -0.05) is 12.2 Å². The molecular formula is C9H12N2O4. The molecule has 0 saturated heterocycles. The lowest BCUT2D eigenvalue weighted by atomic mass is 9.88. The number of carbonyl (C=O) groups is 1. The van der Waals surface area contributed by atoms with Crippen molar-refractivity contribution in [3.8, 4) is 0 Å². The van der Waals surface area contributed by atoms with Crippen LogP contribution in [0, 0.1) is 16.0 Å². The Morgan fingerprint density at radius 3 is 2.87 bits per heavy atom. The molecule has 0 heterocycles. The molecule has 2 atom stereocenters. The van der Waals surface area contributed by atoms with Gasteiger partial charge in [0.1, 0.15) is 0 Å². The van der Waals surface area contributed by atoms with E-state index in [1.165, 1.54) is 19.1 Å². The lowest BCUT2D eigenvalue weighted by Crippen LogP contribution is -2.47. The summed E-state index contributed by atoms with van der Waals surface area (Å²) in [5.41, 5.74) is 4.30. The van der Waals surface area contributed by atoms with E-state index in [-0.39, 0.29) is 6.42 Å². The molecule has 0 aromatic carbocycles. The zero-order valence-electron chi connectivity index (χ0n) is 8.21. The van der Waals surface area contributed by atoms with E-state index in [0.717, 1.165) is 0 Å². The summed E-state index contributed by atoms with van der Waals surface area (Å²) < 4.78 is 0. The zero-order valence-corrected chi connectivity index (χ0v) is 8.21. The molecule has 0 aromatic heterocycles. The third kappa shape index (κ3) is 2.21. The van der Waals surface area contributed by atoms with Crippen LogP contribution < -0.4 is 5.73 Å². The van der Waals surface area contributed by atoms with E-state index in [9.17, 15) is 14.9 Å². The average molecular weight is 212 g/mol. The molecule has 0 radical (unpaired) electrons. The summed E-state index contributed by atoms with van der Waals surface area (Å²) >= 11 is 0. The van der Waals surface area contributed by atoms with Gasteiger partial charge >= 0.3 is 5.97 Å². The lowest BCUT2D eigenvalue weighted by Gasteiger charge is -2.23. The molecule has 0 spiro atoms. The number of nitro groups is 1. The minimum Gasteiger partial charge on any atom is -0.481 e. The summed E-state index contributed by atoms with van der Waals surface area (Å²) in [6.45, 7) is 1.48. The van der Waals surface area contributed by atoms with Crippen LogP contribution in [0.5, 0.6) is 0 Å². The molecule has 15 heavy (non-hydrogen) atoms. The molecular weight excluding hydrogens is 200 g/mol. The maximum absolute atomic E-state index is 10.7. The summed E-state index contributed by atoms with van der Waals surface area (Å²) in [4.78, 5) is 20.8. The Balaban J connectivity index is 2.90. The van der Waals surface area contributed by atoms with Gasteiger partial charge < -0.3 is 5.11 Å². The Bertz CT molecular complexity index is 361. The molecule has 0 bridgehead atoms. The van der Waals surface area contributed by atoms with Gasteiger partial charge in [-0.2, -0.15) is 0 Å². The van der Waals surface area contributed by atoms with Gasteiger partial charge in [0.15, 0.2) is 0 Å². The van der Waals surface area contributed by atoms with Crippen LogP contribution in [0.25, 0.3) is 0 Å². The number of hydrogen-bond acceptors (Lipinski definition) is 4. The highest BCUT2D eigenvalue weighted by Gasteiger charge is 2.39. The fraction of sp³-hybridized carbons (Fsp3) is 0.444. The van der Waals surface area contributed by atoms with Crippen LogP contribution in [0.2, 0.25) is 0 Å². The number of nitrogens with two attached hydrogens (primary N) is 1. The highest BCUT2D eigenvalue weighted by atomic mass is 16.6. The van der Waals surface area contributed by atoms with Gasteiger partial charge in [-0.3, -0.25) is 20.6 Å². The lowest BCUT2D eigenvalue weighted by molar-refractivity contribution is -0.554. The molecule has 0 amide bonds. The largest absolute Gasteiger partial charge is 0.481 e. The van der Waals surface area contributed by atoms with Gasteiger partial charge in [0.2, 0.25) is 0 Å². The molecule has 0 fully saturated rings. The minimum absolute atomic E-state index is 0.0655. The summed E-state index contributed by atoms with van der Waals surface area (Å²) in [7, 11) is 0. The first kappa shape index (κ1) is 11.4. The van der Waals surface area contributed by atoms with E-state index in [2.05, 4.69) is 0 Å². The highest BCUT2D eigenvalue weighted by molar-refractivity contribution is 5.73. The first-order valence-electron chi connectivity index (χ1n) is 4.41. The molecule has 82 valence electrons. The van der Waals surface area contributed by atoms with Crippen LogP contribution in [0.15, 0.2) is 23.8 Å². The van der Waals surface area contributed by atoms with Crippen molar-refractivity contribution in [3.63, 3.8) is 0 Å². The monoisotopic (exact) mass is 212 g/mol. The van der Waals surface area contributed by atoms with Crippen molar-refractivity contribution in [3.05, 3.63) is 33.9 Å². The minimum atomic E-state index is -1.67. The van der Waals surface area contributed by atoms with Crippen molar-refractivity contribution in [2.75, 3.05) is 0 Å². The number of allylic oxidation sites excluding steroid dienone is 2. The molecule has 6 nitrogen and oxygen atoms in total. The maximum Gasteiger partial charge on any atom is 0.310 e. The Morgan fingerprint density at radius 2 is 2.40 bits per heavy atom. The summed E-state index contributed by atoms with van der Waals surface area (Å²) in [5.74, 6) is -1.76. The van der Waals surface area contributed by atoms with Crippen molar-refractivity contribution < 1.29 is 14.8 Å². The SMILES string of the molecule is CC(C(=O)O)C1=CC=CC(N)([N+](=O)[O-])C1. The molecule has 0 aromatic rings. The summed E-state index contributed by atoms with van der Waals surface area (Å²) in [6.07, 6.45) is 4.20. The quantitative estimate of drug-likeness (QED) is 0.403. The molecule has 1 aliphatic carbocycles. The number of hydrogen-bond donors (Lipinski definition) is 2. The normalized spacial score (nSPS) is 26.9. The standard InChI is InChI=1S/C9H12N2O4/c1-6(8(12)13)7-3-2-4-9(10,5-7)11(14)15/h2-4,6H,5,10H2,1H3,(H,12,13). The number of rotatable bonds is 3. The predicted molar refractivity (Wildman–Crippen MR) is 52.6 cm³/mol. The van der Waals surface area contributed by atoms with E-state index in [1.807, 2.05) is 0 Å². The fourth-order valence-electron chi connectivity index (χ4n) is 1.36. The van der Waals surface area contributed by atoms with Crippen molar-refractivity contribution in [2.45, 2.75) is 19.0 Å². The molecule has 6 heteroatoms. The first-order chi connectivity index (χ1) is 6.87. The molecule has 1 rings (SSSR count). The third-order valence-corrected chi connectivity index (χ3v) is 2.45. The second-order valence-electron chi connectivity index (χ2n) is 3.59. The van der Waals surface area contributed by atoms with Crippen LogP contribution in [-0.4, -0.2) is 21.7 Å². The van der Waals surface area contributed by atoms with Crippen LogP contribution in [0.3, 0.4) is 0 Å². The Kier molecular flexibility index (Phi) is 2.90. The van der Waals surface area contributed by atoms with Crippen molar-refractivity contribution in [2.24, 2.45) is 11.7 Å². The van der Waals surface area contributed by atoms with E-state index in [4.69, 9.17) is 10.8 Å². The van der Waals surface area contributed by atoms with Crippen LogP contribution in [0.1, 0.15) is 13.3 Å². The maximum atomic E-state index is 10.7. The smallest absolute Gasteiger partial charge is 0.310 e. The van der Waals surface area contributed by atoms with E-state index in [1.54, 1.807) is 6.08 Å². The third-order valence-electron chi connectivity index (χ3n) is 2.45. The average Bonchev–Trinajstić information content (AvgIpc) is 2.16. The van der Waals surface area contributed by atoms with Crippen LogP contribution in [-0.2, 0) is 4.79 Å². The Labute approximate surface area is 86.2 Å². The zero-order chi connectivity index (χ0) is 11.6. The number of carboxylic acids is 1. The second-order valence-corrected chi connectivity index (χ2v) is 3.59. The molecule has 2 unspecified atom stereocenters. The number of nitrogens with zero attached hydrogens (tertiary/aromatic N) is 1. The fourth-order valence-corrected chi connectivity index (χ4v) is 1.36. The number of aliphatic carboxylic acids is 1. The van der Waals surface area contributed by atoms with Gasteiger partial charge in [0.25, 0.3) is 5.66 Å². The number of carboxylic acid groups (broad SMARTS) is 1. The van der Waals surface area contributed by atoms with Crippen LogP contribution >= 0.6 is 0 Å². The van der Waals surface area contributed by atoms with Crippen molar-refractivity contribution in [1.29, 1.82) is 0 Å². The predicted octanol–water partition coefficient (Wildman–Crippen LogP) is 0.525. The van der Waals surface area contributed by atoms with Gasteiger partial charge in [0.05, 0.1) is 12.3 Å². The van der Waals surface area contributed by atoms with Crippen molar-refractivity contribution in [1.82, 2.24) is 0 Å². The van der Waals surface area contributed by atoms with E-state index < -0.39 is 22.5 Å². The second kappa shape index (κ2) is 3.82. The molecule has 0 aliphatic heterocycles. The van der Waals surface area contributed by atoms with E-state index in [0.29, 0.717) is 5.57 Å². The molecule has 0 saturated carbocycles. The summed E-state index contributed by atoms with van der Waals surface area (Å²) in [6, 6.07) is 0. The Morgan fingerprint density at radius 1 is 1.80 bits per heavy atom.